The topological polar surface area (TPSA) is 75.0 Å². The first-order valence-corrected chi connectivity index (χ1v) is 10.2. The summed E-state index contributed by atoms with van der Waals surface area (Å²) in [7, 11) is 3.30. The second-order valence-electron chi connectivity index (χ2n) is 7.16. The number of likely N-dealkylation sites (N-methyl/N-ethyl adjacent to an activating group) is 2. The number of para-hydroxylation sites is 2. The van der Waals surface area contributed by atoms with E-state index < -0.39 is 0 Å². The summed E-state index contributed by atoms with van der Waals surface area (Å²) in [6.45, 7) is 4.15. The molecule has 3 rings (SSSR count). The number of hydrogen-bond acceptors (Lipinski definition) is 6. The Balaban J connectivity index is 1.62. The maximum atomic E-state index is 12.6. The molecule has 0 unspecified atom stereocenters. The number of carbonyl (C=O) groups is 1. The number of hydrogen-bond donors (Lipinski definition) is 0. The summed E-state index contributed by atoms with van der Waals surface area (Å²) in [5.41, 5.74) is 1.88. The molecule has 1 heterocycles. The first kappa shape index (κ1) is 22.0. The Bertz CT molecular complexity index is 983. The zero-order chi connectivity index (χ0) is 22.2. The van der Waals surface area contributed by atoms with Gasteiger partial charge in [0.25, 0.3) is 0 Å². The van der Waals surface area contributed by atoms with Crippen molar-refractivity contribution >= 4 is 17.7 Å². The van der Waals surface area contributed by atoms with Crippen LogP contribution < -0.4 is 19.1 Å². The van der Waals surface area contributed by atoms with Crippen molar-refractivity contribution in [2.75, 3.05) is 45.3 Å². The number of anilines is 1. The van der Waals surface area contributed by atoms with E-state index in [1.807, 2.05) is 24.3 Å². The van der Waals surface area contributed by atoms with E-state index in [0.717, 1.165) is 30.1 Å². The van der Waals surface area contributed by atoms with Crippen LogP contribution in [-0.2, 0) is 4.79 Å². The summed E-state index contributed by atoms with van der Waals surface area (Å²) < 4.78 is 16.7. The van der Waals surface area contributed by atoms with E-state index in [1.165, 1.54) is 13.2 Å². The first-order valence-electron chi connectivity index (χ1n) is 10.2. The molecule has 0 saturated heterocycles. The molecule has 0 spiro atoms. The van der Waals surface area contributed by atoms with Crippen LogP contribution in [0.5, 0.6) is 17.2 Å². The van der Waals surface area contributed by atoms with Gasteiger partial charge >= 0.3 is 0 Å². The molecule has 0 fully saturated rings. The smallest absolute Gasteiger partial charge is 0.246 e. The first-order chi connectivity index (χ1) is 15.0. The summed E-state index contributed by atoms with van der Waals surface area (Å²) in [5.74, 6) is 1.73. The molecular formula is C24H27N3O4. The highest BCUT2D eigenvalue weighted by Gasteiger charge is 2.26. The average Bonchev–Trinajstić information content (AvgIpc) is 2.80. The molecule has 0 bridgehead atoms. The Morgan fingerprint density at radius 2 is 2.13 bits per heavy atom. The molecule has 2 aromatic rings. The van der Waals surface area contributed by atoms with Crippen LogP contribution in [-0.4, -0.2) is 57.3 Å². The average molecular weight is 421 g/mol. The van der Waals surface area contributed by atoms with Crippen molar-refractivity contribution in [2.45, 2.75) is 13.0 Å². The third kappa shape index (κ3) is 5.48. The number of nitriles is 1. The van der Waals surface area contributed by atoms with Gasteiger partial charge in [0.2, 0.25) is 5.91 Å². The van der Waals surface area contributed by atoms with Crippen LogP contribution in [0, 0.1) is 11.3 Å². The van der Waals surface area contributed by atoms with Crippen LogP contribution in [0.1, 0.15) is 12.5 Å². The number of ether oxygens (including phenoxy) is 3. The molecule has 0 radical (unpaired) electrons. The fraction of sp³-hybridized carbons (Fsp3) is 0.333. The van der Waals surface area contributed by atoms with Gasteiger partial charge in [0, 0.05) is 19.7 Å². The Labute approximate surface area is 183 Å². The maximum absolute atomic E-state index is 12.6. The zero-order valence-corrected chi connectivity index (χ0v) is 18.1. The molecular weight excluding hydrogens is 394 g/mol. The van der Waals surface area contributed by atoms with Crippen molar-refractivity contribution in [1.29, 1.82) is 5.26 Å². The van der Waals surface area contributed by atoms with E-state index >= 15 is 0 Å². The van der Waals surface area contributed by atoms with Crippen molar-refractivity contribution in [3.8, 4) is 23.3 Å². The predicted molar refractivity (Wildman–Crippen MR) is 120 cm³/mol. The lowest BCUT2D eigenvalue weighted by molar-refractivity contribution is -0.125. The van der Waals surface area contributed by atoms with Crippen LogP contribution in [0.25, 0.3) is 6.08 Å². The van der Waals surface area contributed by atoms with Gasteiger partial charge in [-0.05, 0) is 42.8 Å². The Morgan fingerprint density at radius 1 is 1.32 bits per heavy atom. The minimum Gasteiger partial charge on any atom is -0.493 e. The predicted octanol–water partition coefficient (Wildman–Crippen LogP) is 3.36. The van der Waals surface area contributed by atoms with Crippen LogP contribution in [0.2, 0.25) is 0 Å². The molecule has 0 N–H and O–H groups in total. The fourth-order valence-electron chi connectivity index (χ4n) is 3.48. The van der Waals surface area contributed by atoms with Crippen molar-refractivity contribution in [2.24, 2.45) is 0 Å². The second-order valence-corrected chi connectivity index (χ2v) is 7.16. The summed E-state index contributed by atoms with van der Waals surface area (Å²) in [6, 6.07) is 15.2. The number of rotatable bonds is 8. The summed E-state index contributed by atoms with van der Waals surface area (Å²) >= 11 is 0. The second kappa shape index (κ2) is 10.4. The number of nitrogens with zero attached hydrogens (tertiary/aromatic N) is 3. The lowest BCUT2D eigenvalue weighted by Crippen LogP contribution is -2.46. The van der Waals surface area contributed by atoms with Crippen molar-refractivity contribution in [1.82, 2.24) is 4.90 Å². The highest BCUT2D eigenvalue weighted by Crippen LogP contribution is 2.33. The maximum Gasteiger partial charge on any atom is 0.246 e. The highest BCUT2D eigenvalue weighted by atomic mass is 16.5. The Morgan fingerprint density at radius 3 is 2.87 bits per heavy atom. The minimum absolute atomic E-state index is 0.0575. The number of carbonyl (C=O) groups excluding carboxylic acids is 1. The molecule has 1 amide bonds. The van der Waals surface area contributed by atoms with Gasteiger partial charge in [0.15, 0.2) is 18.1 Å². The molecule has 1 aliphatic heterocycles. The van der Waals surface area contributed by atoms with E-state index in [1.54, 1.807) is 36.2 Å². The lowest BCUT2D eigenvalue weighted by Gasteiger charge is -2.37. The molecule has 7 nitrogen and oxygen atoms in total. The van der Waals surface area contributed by atoms with Crippen molar-refractivity contribution in [3.05, 3.63) is 54.1 Å². The normalized spacial score (nSPS) is 15.0. The highest BCUT2D eigenvalue weighted by molar-refractivity contribution is 5.91. The fourth-order valence-corrected chi connectivity index (χ4v) is 3.48. The zero-order valence-electron chi connectivity index (χ0n) is 18.1. The number of benzene rings is 2. The van der Waals surface area contributed by atoms with Crippen molar-refractivity contribution < 1.29 is 19.0 Å². The molecule has 31 heavy (non-hydrogen) atoms. The molecule has 1 atom stereocenters. The number of amides is 1. The third-order valence-corrected chi connectivity index (χ3v) is 5.06. The number of fused-ring (bicyclic) bond motifs is 1. The van der Waals surface area contributed by atoms with Gasteiger partial charge in [-0.25, -0.2) is 0 Å². The molecule has 0 aliphatic carbocycles. The van der Waals surface area contributed by atoms with Gasteiger partial charge in [0.1, 0.15) is 17.9 Å². The van der Waals surface area contributed by atoms with Crippen molar-refractivity contribution in [3.63, 3.8) is 0 Å². The van der Waals surface area contributed by atoms with Crippen LogP contribution >= 0.6 is 0 Å². The van der Waals surface area contributed by atoms with E-state index in [0.29, 0.717) is 18.0 Å². The van der Waals surface area contributed by atoms with Crippen LogP contribution in [0.4, 0.5) is 5.69 Å². The largest absolute Gasteiger partial charge is 0.493 e. The third-order valence-electron chi connectivity index (χ3n) is 5.06. The molecule has 1 aliphatic rings. The van der Waals surface area contributed by atoms with Crippen LogP contribution in [0.3, 0.4) is 0 Å². The standard InChI is InChI=1S/C24H27N3O4/c1-4-27-17-19(31-21-8-6-5-7-20(21)27)16-26(2)24(28)12-10-18-9-11-22(30-14-13-25)23(15-18)29-3/h5-12,15,19H,4,14,16-17H2,1-3H3/b12-10+/t19-/m1/s1. The molecule has 162 valence electrons. The summed E-state index contributed by atoms with van der Waals surface area (Å²) in [6.07, 6.45) is 3.15. The summed E-state index contributed by atoms with van der Waals surface area (Å²) in [5, 5.41) is 8.66. The lowest BCUT2D eigenvalue weighted by atomic mass is 10.1. The Kier molecular flexibility index (Phi) is 7.39. The van der Waals surface area contributed by atoms with Gasteiger partial charge in [-0.1, -0.05) is 18.2 Å². The van der Waals surface area contributed by atoms with E-state index in [-0.39, 0.29) is 18.6 Å². The van der Waals surface area contributed by atoms with E-state index in [4.69, 9.17) is 19.5 Å². The minimum atomic E-state index is -0.116. The summed E-state index contributed by atoms with van der Waals surface area (Å²) in [4.78, 5) is 16.5. The van der Waals surface area contributed by atoms with Gasteiger partial charge < -0.3 is 24.0 Å². The molecule has 0 aromatic heterocycles. The number of methoxy groups -OCH3 is 1. The molecule has 0 saturated carbocycles. The Hall–Kier alpha value is -3.66. The molecule has 2 aromatic carbocycles. The molecule has 7 heteroatoms. The SMILES string of the molecule is CCN1C[C@@H](CN(C)C(=O)/C=C/c2ccc(OCC#N)c(OC)c2)Oc2ccccc21. The van der Waals surface area contributed by atoms with Gasteiger partial charge in [0.05, 0.1) is 25.9 Å². The van der Waals surface area contributed by atoms with Gasteiger partial charge in [-0.2, -0.15) is 5.26 Å². The van der Waals surface area contributed by atoms with Gasteiger partial charge in [-0.15, -0.1) is 0 Å². The van der Waals surface area contributed by atoms with E-state index in [9.17, 15) is 4.79 Å². The van der Waals surface area contributed by atoms with Crippen LogP contribution in [0.15, 0.2) is 48.5 Å². The van der Waals surface area contributed by atoms with Gasteiger partial charge in [-0.3, -0.25) is 4.79 Å². The monoisotopic (exact) mass is 421 g/mol. The van der Waals surface area contributed by atoms with E-state index in [2.05, 4.69) is 17.9 Å². The quantitative estimate of drug-likeness (QED) is 0.609.